The second-order valence-electron chi connectivity index (χ2n) is 5.01. The molecule has 2 N–H and O–H groups in total. The minimum absolute atomic E-state index is 0.0146. The summed E-state index contributed by atoms with van der Waals surface area (Å²) in [5.41, 5.74) is 10.9. The zero-order chi connectivity index (χ0) is 14.0. The van der Waals surface area contributed by atoms with Crippen molar-refractivity contribution in [3.63, 3.8) is 0 Å². The molecule has 0 unspecified atom stereocenters. The molecule has 3 heteroatoms. The van der Waals surface area contributed by atoms with Gasteiger partial charge in [0.25, 0.3) is 5.56 Å². The minimum atomic E-state index is 0.0146. The van der Waals surface area contributed by atoms with Gasteiger partial charge in [0.15, 0.2) is 0 Å². The van der Waals surface area contributed by atoms with Crippen LogP contribution in [0.3, 0.4) is 0 Å². The molecule has 1 aromatic heterocycles. The van der Waals surface area contributed by atoms with Crippen LogP contribution in [0.2, 0.25) is 0 Å². The summed E-state index contributed by atoms with van der Waals surface area (Å²) in [5, 5.41) is 0. The summed E-state index contributed by atoms with van der Waals surface area (Å²) >= 11 is 0. The number of hydrogen-bond acceptors (Lipinski definition) is 2. The standard InChI is InChI=1S/C16H20N2O/c1-11-4-6-14(8-12(11)2)10-18-13(3)5-7-15(9-17)16(18)19/h4-8H,9-10,17H2,1-3H3. The fourth-order valence-electron chi connectivity index (χ4n) is 2.15. The number of rotatable bonds is 3. The normalized spacial score (nSPS) is 10.7. The monoisotopic (exact) mass is 256 g/mol. The zero-order valence-electron chi connectivity index (χ0n) is 11.7. The van der Waals surface area contributed by atoms with Crippen molar-refractivity contribution < 1.29 is 0 Å². The number of aromatic nitrogens is 1. The minimum Gasteiger partial charge on any atom is -0.326 e. The Morgan fingerprint density at radius 3 is 2.42 bits per heavy atom. The van der Waals surface area contributed by atoms with Gasteiger partial charge in [0.1, 0.15) is 0 Å². The second-order valence-corrected chi connectivity index (χ2v) is 5.01. The van der Waals surface area contributed by atoms with Crippen LogP contribution in [-0.2, 0) is 13.1 Å². The van der Waals surface area contributed by atoms with Gasteiger partial charge in [-0.25, -0.2) is 0 Å². The molecule has 0 fully saturated rings. The number of aryl methyl sites for hydroxylation is 3. The van der Waals surface area contributed by atoms with Crippen molar-refractivity contribution in [2.45, 2.75) is 33.9 Å². The van der Waals surface area contributed by atoms with Gasteiger partial charge in [-0.05, 0) is 43.5 Å². The first-order valence-corrected chi connectivity index (χ1v) is 6.48. The van der Waals surface area contributed by atoms with Gasteiger partial charge in [0, 0.05) is 17.8 Å². The second kappa shape index (κ2) is 5.41. The molecule has 3 nitrogen and oxygen atoms in total. The van der Waals surface area contributed by atoms with Crippen molar-refractivity contribution in [1.29, 1.82) is 0 Å². The molecule has 0 saturated carbocycles. The lowest BCUT2D eigenvalue weighted by atomic mass is 10.1. The van der Waals surface area contributed by atoms with Crippen LogP contribution in [0.5, 0.6) is 0 Å². The maximum atomic E-state index is 12.3. The molecular weight excluding hydrogens is 236 g/mol. The summed E-state index contributed by atoms with van der Waals surface area (Å²) in [6, 6.07) is 10.1. The van der Waals surface area contributed by atoms with Crippen molar-refractivity contribution >= 4 is 0 Å². The summed E-state index contributed by atoms with van der Waals surface area (Å²) in [6.45, 7) is 7.00. The average Bonchev–Trinajstić information content (AvgIpc) is 2.39. The smallest absolute Gasteiger partial charge is 0.255 e. The lowest BCUT2D eigenvalue weighted by Crippen LogP contribution is -2.27. The Balaban J connectivity index is 2.43. The van der Waals surface area contributed by atoms with E-state index in [0.29, 0.717) is 12.1 Å². The summed E-state index contributed by atoms with van der Waals surface area (Å²) in [5.74, 6) is 0. The predicted molar refractivity (Wildman–Crippen MR) is 78.3 cm³/mol. The molecule has 100 valence electrons. The first kappa shape index (κ1) is 13.6. The van der Waals surface area contributed by atoms with Gasteiger partial charge in [0.2, 0.25) is 0 Å². The van der Waals surface area contributed by atoms with Gasteiger partial charge in [-0.3, -0.25) is 4.79 Å². The Labute approximate surface area is 113 Å². The third-order valence-electron chi connectivity index (χ3n) is 3.60. The molecule has 0 bridgehead atoms. The predicted octanol–water partition coefficient (Wildman–Crippen LogP) is 2.28. The van der Waals surface area contributed by atoms with Crippen molar-refractivity contribution in [2.24, 2.45) is 5.73 Å². The largest absolute Gasteiger partial charge is 0.326 e. The lowest BCUT2D eigenvalue weighted by Gasteiger charge is -2.12. The van der Waals surface area contributed by atoms with Crippen molar-refractivity contribution in [2.75, 3.05) is 0 Å². The topological polar surface area (TPSA) is 48.0 Å². The number of benzene rings is 1. The number of hydrogen-bond donors (Lipinski definition) is 1. The Hall–Kier alpha value is -1.87. The SMILES string of the molecule is Cc1ccc(Cn2c(C)ccc(CN)c2=O)cc1C. The molecule has 0 aliphatic carbocycles. The molecule has 19 heavy (non-hydrogen) atoms. The van der Waals surface area contributed by atoms with Gasteiger partial charge in [0.05, 0.1) is 6.54 Å². The quantitative estimate of drug-likeness (QED) is 0.916. The van der Waals surface area contributed by atoms with Crippen LogP contribution in [0, 0.1) is 20.8 Å². The Morgan fingerprint density at radius 2 is 1.79 bits per heavy atom. The zero-order valence-corrected chi connectivity index (χ0v) is 11.7. The van der Waals surface area contributed by atoms with Crippen LogP contribution >= 0.6 is 0 Å². The number of nitrogens with zero attached hydrogens (tertiary/aromatic N) is 1. The van der Waals surface area contributed by atoms with E-state index in [1.54, 1.807) is 4.57 Å². The molecule has 2 rings (SSSR count). The maximum Gasteiger partial charge on any atom is 0.255 e. The van der Waals surface area contributed by atoms with Crippen LogP contribution < -0.4 is 11.3 Å². The van der Waals surface area contributed by atoms with E-state index in [1.165, 1.54) is 11.1 Å². The average molecular weight is 256 g/mol. The Morgan fingerprint density at radius 1 is 1.05 bits per heavy atom. The van der Waals surface area contributed by atoms with E-state index in [9.17, 15) is 4.79 Å². The molecule has 0 radical (unpaired) electrons. The van der Waals surface area contributed by atoms with Crippen molar-refractivity contribution in [3.05, 3.63) is 68.6 Å². The first-order valence-electron chi connectivity index (χ1n) is 6.48. The molecule has 0 spiro atoms. The van der Waals surface area contributed by atoms with Gasteiger partial charge in [-0.1, -0.05) is 24.3 Å². The summed E-state index contributed by atoms with van der Waals surface area (Å²) in [6.07, 6.45) is 0. The molecule has 0 amide bonds. The Kier molecular flexibility index (Phi) is 3.86. The van der Waals surface area contributed by atoms with Crippen molar-refractivity contribution in [1.82, 2.24) is 4.57 Å². The van der Waals surface area contributed by atoms with E-state index in [2.05, 4.69) is 32.0 Å². The number of nitrogens with two attached hydrogens (primary N) is 1. The fourth-order valence-corrected chi connectivity index (χ4v) is 2.15. The highest BCUT2D eigenvalue weighted by atomic mass is 16.1. The molecule has 2 aromatic rings. The van der Waals surface area contributed by atoms with E-state index >= 15 is 0 Å². The first-order chi connectivity index (χ1) is 9.02. The summed E-state index contributed by atoms with van der Waals surface area (Å²) in [4.78, 5) is 12.3. The third-order valence-corrected chi connectivity index (χ3v) is 3.60. The molecule has 0 aliphatic rings. The lowest BCUT2D eigenvalue weighted by molar-refractivity contribution is 0.715. The molecule has 0 saturated heterocycles. The van der Waals surface area contributed by atoms with Gasteiger partial charge in [-0.15, -0.1) is 0 Å². The van der Waals surface area contributed by atoms with E-state index in [4.69, 9.17) is 5.73 Å². The Bertz CT molecular complexity index is 656. The van der Waals surface area contributed by atoms with Crippen LogP contribution in [0.4, 0.5) is 0 Å². The summed E-state index contributed by atoms with van der Waals surface area (Å²) < 4.78 is 1.78. The maximum absolute atomic E-state index is 12.3. The van der Waals surface area contributed by atoms with Crippen LogP contribution in [-0.4, -0.2) is 4.57 Å². The van der Waals surface area contributed by atoms with E-state index in [-0.39, 0.29) is 12.1 Å². The van der Waals surface area contributed by atoms with Gasteiger partial charge >= 0.3 is 0 Å². The highest BCUT2D eigenvalue weighted by Gasteiger charge is 2.06. The van der Waals surface area contributed by atoms with Crippen molar-refractivity contribution in [3.8, 4) is 0 Å². The van der Waals surface area contributed by atoms with Crippen LogP contribution in [0.25, 0.3) is 0 Å². The molecule has 1 heterocycles. The van der Waals surface area contributed by atoms with Crippen LogP contribution in [0.1, 0.15) is 27.9 Å². The van der Waals surface area contributed by atoms with Gasteiger partial charge < -0.3 is 10.3 Å². The fraction of sp³-hybridized carbons (Fsp3) is 0.312. The molecule has 1 aromatic carbocycles. The highest BCUT2D eigenvalue weighted by Crippen LogP contribution is 2.11. The van der Waals surface area contributed by atoms with Gasteiger partial charge in [-0.2, -0.15) is 0 Å². The summed E-state index contributed by atoms with van der Waals surface area (Å²) in [7, 11) is 0. The number of pyridine rings is 1. The molecular formula is C16H20N2O. The van der Waals surface area contributed by atoms with E-state index < -0.39 is 0 Å². The molecule has 0 aliphatic heterocycles. The van der Waals surface area contributed by atoms with E-state index in [0.717, 1.165) is 11.3 Å². The van der Waals surface area contributed by atoms with Crippen LogP contribution in [0.15, 0.2) is 35.1 Å². The van der Waals surface area contributed by atoms with E-state index in [1.807, 2.05) is 19.1 Å². The third kappa shape index (κ3) is 2.76. The highest BCUT2D eigenvalue weighted by molar-refractivity contribution is 5.30. The molecule has 0 atom stereocenters.